The predicted octanol–water partition coefficient (Wildman–Crippen LogP) is 3.28. The first-order valence-electron chi connectivity index (χ1n) is 11.9. The SMILES string of the molecule is O=C1[C@H]2CCC(=O)N2Cc2cc(Br)ccc2N1CCCCN1CCN(c2ccccn2)CC1. The van der Waals surface area contributed by atoms with E-state index in [1.165, 1.54) is 0 Å². The number of rotatable bonds is 6. The monoisotopic (exact) mass is 511 g/mol. The molecule has 174 valence electrons. The smallest absolute Gasteiger partial charge is 0.249 e. The summed E-state index contributed by atoms with van der Waals surface area (Å²) in [4.78, 5) is 38.8. The van der Waals surface area contributed by atoms with E-state index in [4.69, 9.17) is 0 Å². The number of amides is 2. The van der Waals surface area contributed by atoms with Gasteiger partial charge < -0.3 is 14.7 Å². The van der Waals surface area contributed by atoms with E-state index in [-0.39, 0.29) is 17.9 Å². The molecule has 2 fully saturated rings. The summed E-state index contributed by atoms with van der Waals surface area (Å²) >= 11 is 3.55. The Balaban J connectivity index is 1.17. The molecule has 0 N–H and O–H groups in total. The quantitative estimate of drug-likeness (QED) is 0.557. The maximum Gasteiger partial charge on any atom is 0.249 e. The summed E-state index contributed by atoms with van der Waals surface area (Å²) in [5.74, 6) is 1.22. The maximum atomic E-state index is 13.4. The number of carbonyl (C=O) groups is 2. The molecule has 0 aliphatic carbocycles. The Morgan fingerprint density at radius 3 is 2.61 bits per heavy atom. The molecule has 0 saturated carbocycles. The molecule has 2 saturated heterocycles. The number of hydrogen-bond acceptors (Lipinski definition) is 5. The van der Waals surface area contributed by atoms with Gasteiger partial charge in [-0.05, 0) is 61.7 Å². The van der Waals surface area contributed by atoms with Gasteiger partial charge >= 0.3 is 0 Å². The van der Waals surface area contributed by atoms with Gasteiger partial charge in [-0.3, -0.25) is 14.5 Å². The average Bonchev–Trinajstić information content (AvgIpc) is 3.15. The number of fused-ring (bicyclic) bond motifs is 2. The molecule has 1 aromatic carbocycles. The number of halogens is 1. The fourth-order valence-electron chi connectivity index (χ4n) is 5.19. The van der Waals surface area contributed by atoms with E-state index in [9.17, 15) is 9.59 Å². The van der Waals surface area contributed by atoms with Crippen LogP contribution in [0.5, 0.6) is 0 Å². The number of unbranched alkanes of at least 4 members (excludes halogenated alkanes) is 1. The molecule has 3 aliphatic rings. The number of pyridine rings is 1. The molecular formula is C25H30BrN5O2. The highest BCUT2D eigenvalue weighted by atomic mass is 79.9. The van der Waals surface area contributed by atoms with Gasteiger partial charge in [-0.15, -0.1) is 0 Å². The van der Waals surface area contributed by atoms with Gasteiger partial charge in [0.1, 0.15) is 11.9 Å². The third-order valence-electron chi connectivity index (χ3n) is 7.00. The Kier molecular flexibility index (Phi) is 6.64. The van der Waals surface area contributed by atoms with E-state index in [1.807, 2.05) is 41.4 Å². The van der Waals surface area contributed by atoms with Crippen molar-refractivity contribution in [2.24, 2.45) is 0 Å². The van der Waals surface area contributed by atoms with Crippen LogP contribution >= 0.6 is 15.9 Å². The van der Waals surface area contributed by atoms with E-state index in [1.54, 1.807) is 4.90 Å². The number of piperazine rings is 1. The molecule has 5 rings (SSSR count). The Bertz CT molecular complexity index is 1010. The lowest BCUT2D eigenvalue weighted by molar-refractivity contribution is -0.134. The number of benzene rings is 1. The van der Waals surface area contributed by atoms with Gasteiger partial charge in [-0.1, -0.05) is 22.0 Å². The van der Waals surface area contributed by atoms with Crippen molar-refractivity contribution >= 4 is 39.2 Å². The van der Waals surface area contributed by atoms with Crippen LogP contribution in [0.4, 0.5) is 11.5 Å². The van der Waals surface area contributed by atoms with Crippen LogP contribution < -0.4 is 9.80 Å². The molecule has 8 heteroatoms. The van der Waals surface area contributed by atoms with Crippen molar-refractivity contribution in [3.63, 3.8) is 0 Å². The van der Waals surface area contributed by atoms with Crippen LogP contribution in [-0.2, 0) is 16.1 Å². The van der Waals surface area contributed by atoms with E-state index in [0.29, 0.717) is 25.9 Å². The van der Waals surface area contributed by atoms with E-state index >= 15 is 0 Å². The minimum atomic E-state index is -0.316. The molecule has 0 unspecified atom stereocenters. The molecule has 3 aliphatic heterocycles. The third kappa shape index (κ3) is 4.77. The molecule has 0 radical (unpaired) electrons. The summed E-state index contributed by atoms with van der Waals surface area (Å²) in [6, 6.07) is 11.8. The molecule has 4 heterocycles. The van der Waals surface area contributed by atoms with Gasteiger partial charge in [-0.25, -0.2) is 4.98 Å². The van der Waals surface area contributed by atoms with Gasteiger partial charge in [0.2, 0.25) is 11.8 Å². The third-order valence-corrected chi connectivity index (χ3v) is 7.50. The number of carbonyl (C=O) groups excluding carboxylic acids is 2. The molecule has 7 nitrogen and oxygen atoms in total. The van der Waals surface area contributed by atoms with Crippen LogP contribution in [0.1, 0.15) is 31.2 Å². The van der Waals surface area contributed by atoms with Crippen LogP contribution in [0.15, 0.2) is 47.1 Å². The second-order valence-electron chi connectivity index (χ2n) is 9.06. The summed E-state index contributed by atoms with van der Waals surface area (Å²) < 4.78 is 0.976. The lowest BCUT2D eigenvalue weighted by Crippen LogP contribution is -2.47. The standard InChI is InChI=1S/C25H30BrN5O2/c26-20-6-7-21-19(17-20)18-31-22(8-9-24(31)32)25(33)30(21)12-4-3-11-28-13-15-29(16-14-28)23-5-1-2-10-27-23/h1-2,5-7,10,17,22H,3-4,8-9,11-16,18H2/t22-/m1/s1. The Morgan fingerprint density at radius 1 is 1.00 bits per heavy atom. The minimum absolute atomic E-state index is 0.0749. The molecule has 2 aromatic rings. The van der Waals surface area contributed by atoms with Gasteiger partial charge in [0.25, 0.3) is 0 Å². The van der Waals surface area contributed by atoms with Crippen molar-refractivity contribution in [2.75, 3.05) is 49.1 Å². The van der Waals surface area contributed by atoms with Crippen LogP contribution in [0.3, 0.4) is 0 Å². The zero-order chi connectivity index (χ0) is 22.8. The van der Waals surface area contributed by atoms with Gasteiger partial charge in [0.15, 0.2) is 0 Å². The summed E-state index contributed by atoms with van der Waals surface area (Å²) in [5, 5.41) is 0. The van der Waals surface area contributed by atoms with Gasteiger partial charge in [0, 0.05) is 62.0 Å². The van der Waals surface area contributed by atoms with Gasteiger partial charge in [-0.2, -0.15) is 0 Å². The molecule has 0 spiro atoms. The van der Waals surface area contributed by atoms with Crippen LogP contribution in [0, 0.1) is 0 Å². The molecule has 2 amide bonds. The molecule has 1 atom stereocenters. The number of aromatic nitrogens is 1. The lowest BCUT2D eigenvalue weighted by Gasteiger charge is -2.35. The second-order valence-corrected chi connectivity index (χ2v) is 9.98. The highest BCUT2D eigenvalue weighted by Crippen LogP contribution is 2.34. The fourth-order valence-corrected chi connectivity index (χ4v) is 5.60. The van der Waals surface area contributed by atoms with E-state index < -0.39 is 0 Å². The summed E-state index contributed by atoms with van der Waals surface area (Å²) in [5.41, 5.74) is 2.00. The Morgan fingerprint density at radius 2 is 1.82 bits per heavy atom. The maximum absolute atomic E-state index is 13.4. The van der Waals surface area contributed by atoms with Crippen molar-refractivity contribution < 1.29 is 9.59 Å². The normalized spacial score (nSPS) is 21.2. The molecule has 0 bridgehead atoms. The first-order valence-corrected chi connectivity index (χ1v) is 12.7. The van der Waals surface area contributed by atoms with Crippen LogP contribution in [0.2, 0.25) is 0 Å². The van der Waals surface area contributed by atoms with Crippen molar-refractivity contribution in [3.05, 3.63) is 52.6 Å². The summed E-state index contributed by atoms with van der Waals surface area (Å²) in [6.45, 7) is 6.32. The van der Waals surface area contributed by atoms with Crippen molar-refractivity contribution in [1.29, 1.82) is 0 Å². The highest BCUT2D eigenvalue weighted by molar-refractivity contribution is 9.10. The Labute approximate surface area is 203 Å². The molecular weight excluding hydrogens is 482 g/mol. The first kappa shape index (κ1) is 22.3. The number of anilines is 2. The first-order chi connectivity index (χ1) is 16.1. The van der Waals surface area contributed by atoms with Crippen molar-refractivity contribution in [1.82, 2.24) is 14.8 Å². The van der Waals surface area contributed by atoms with E-state index in [2.05, 4.69) is 36.8 Å². The molecule has 1 aromatic heterocycles. The Hall–Kier alpha value is -2.45. The summed E-state index contributed by atoms with van der Waals surface area (Å²) in [7, 11) is 0. The van der Waals surface area contributed by atoms with Crippen LogP contribution in [0.25, 0.3) is 0 Å². The summed E-state index contributed by atoms with van der Waals surface area (Å²) in [6.07, 6.45) is 4.94. The zero-order valence-corrected chi connectivity index (χ0v) is 20.4. The van der Waals surface area contributed by atoms with Gasteiger partial charge in [0.05, 0.1) is 0 Å². The number of hydrogen-bond donors (Lipinski definition) is 0. The predicted molar refractivity (Wildman–Crippen MR) is 132 cm³/mol. The number of nitrogens with zero attached hydrogens (tertiary/aromatic N) is 5. The average molecular weight is 512 g/mol. The van der Waals surface area contributed by atoms with Crippen molar-refractivity contribution in [3.8, 4) is 0 Å². The highest BCUT2D eigenvalue weighted by Gasteiger charge is 2.41. The van der Waals surface area contributed by atoms with E-state index in [0.717, 1.165) is 67.1 Å². The largest absolute Gasteiger partial charge is 0.354 e. The fraction of sp³-hybridized carbons (Fsp3) is 0.480. The van der Waals surface area contributed by atoms with Crippen molar-refractivity contribution in [2.45, 2.75) is 38.3 Å². The zero-order valence-electron chi connectivity index (χ0n) is 18.8. The molecule has 33 heavy (non-hydrogen) atoms. The van der Waals surface area contributed by atoms with Crippen LogP contribution in [-0.4, -0.2) is 71.9 Å². The lowest BCUT2D eigenvalue weighted by atomic mass is 10.1. The topological polar surface area (TPSA) is 60.0 Å². The minimum Gasteiger partial charge on any atom is -0.354 e. The second kappa shape index (κ2) is 9.81.